The summed E-state index contributed by atoms with van der Waals surface area (Å²) in [5.74, 6) is -0.0370. The number of carbonyl (C=O) groups is 1. The quantitative estimate of drug-likeness (QED) is 0.402. The molecule has 0 rings (SSSR count). The summed E-state index contributed by atoms with van der Waals surface area (Å²) in [7, 11) is -7.61. The molecule has 0 aliphatic carbocycles. The van der Waals surface area contributed by atoms with Gasteiger partial charge in [-0.05, 0) is 27.7 Å². The van der Waals surface area contributed by atoms with Crippen molar-refractivity contribution in [2.75, 3.05) is 32.2 Å². The van der Waals surface area contributed by atoms with E-state index >= 15 is 0 Å². The lowest BCUT2D eigenvalue weighted by Crippen LogP contribution is -2.23. The molecule has 0 spiro atoms. The van der Waals surface area contributed by atoms with Crippen LogP contribution in [-0.4, -0.2) is 42.7 Å². The maximum absolute atomic E-state index is 13.3. The Morgan fingerprint density at radius 2 is 1.16 bits per heavy atom. The molecule has 7 nitrogen and oxygen atoms in total. The van der Waals surface area contributed by atoms with Crippen LogP contribution in [0.1, 0.15) is 48.5 Å². The van der Waals surface area contributed by atoms with Gasteiger partial charge in [0.15, 0.2) is 10.5 Å². The Hall–Kier alpha value is 0.320. The van der Waals surface area contributed by atoms with Crippen molar-refractivity contribution in [3.63, 3.8) is 0 Å². The Bertz CT molecular complexity index is 455. The van der Waals surface area contributed by atoms with Crippen molar-refractivity contribution in [2.24, 2.45) is 5.41 Å². The average Bonchev–Trinajstić information content (AvgIpc) is 2.46. The first kappa shape index (κ1) is 25.3. The predicted octanol–water partition coefficient (Wildman–Crippen LogP) is 5.15. The second-order valence-corrected chi connectivity index (χ2v) is 11.9. The lowest BCUT2D eigenvalue weighted by atomic mass is 10.00. The minimum absolute atomic E-state index is 0.0370. The molecule has 0 aromatic heterocycles. The van der Waals surface area contributed by atoms with Gasteiger partial charge < -0.3 is 18.1 Å². The molecule has 0 heterocycles. The third-order valence-corrected chi connectivity index (χ3v) is 10.8. The van der Waals surface area contributed by atoms with Crippen LogP contribution in [-0.2, 0) is 32.0 Å². The Morgan fingerprint density at radius 3 is 1.40 bits per heavy atom. The zero-order chi connectivity index (χ0) is 19.7. The lowest BCUT2D eigenvalue weighted by Gasteiger charge is -2.31. The molecule has 10 heteroatoms. The van der Waals surface area contributed by atoms with Gasteiger partial charge in [-0.15, -0.1) is 0 Å². The van der Waals surface area contributed by atoms with E-state index < -0.39 is 26.0 Å². The number of carbonyl (C=O) groups excluding carboxylic acids is 1. The van der Waals surface area contributed by atoms with Gasteiger partial charge >= 0.3 is 15.2 Å². The topological polar surface area (TPSA) is 88.1 Å². The standard InChI is InChI=1S/C15H32O7P2S/c1-8-19-23(17,20-9-2)13(12-25-14(16)15(5,6)7)24(18,21-10-3)22-11-4/h13H,8-12H2,1-7H3. The molecule has 0 unspecified atom stereocenters. The van der Waals surface area contributed by atoms with Gasteiger partial charge in [0.2, 0.25) is 0 Å². The van der Waals surface area contributed by atoms with E-state index in [4.69, 9.17) is 18.1 Å². The fourth-order valence-corrected chi connectivity index (χ4v) is 8.96. The minimum atomic E-state index is -3.81. The van der Waals surface area contributed by atoms with Crippen molar-refractivity contribution in [1.29, 1.82) is 0 Å². The lowest BCUT2D eigenvalue weighted by molar-refractivity contribution is -0.117. The summed E-state index contributed by atoms with van der Waals surface area (Å²) in [5.41, 5.74) is -0.586. The van der Waals surface area contributed by atoms with Crippen LogP contribution in [0.25, 0.3) is 0 Å². The molecule has 150 valence electrons. The minimum Gasteiger partial charge on any atom is -0.308 e. The second-order valence-electron chi connectivity index (χ2n) is 6.08. The Balaban J connectivity index is 5.81. The molecule has 0 fully saturated rings. The highest BCUT2D eigenvalue weighted by atomic mass is 32.2. The molecular weight excluding hydrogens is 386 g/mol. The van der Waals surface area contributed by atoms with Gasteiger partial charge in [0.05, 0.1) is 26.4 Å². The van der Waals surface area contributed by atoms with E-state index in [1.54, 1.807) is 48.5 Å². The summed E-state index contributed by atoms with van der Waals surface area (Å²) in [4.78, 5) is 12.3. The van der Waals surface area contributed by atoms with Crippen LogP contribution in [0.15, 0.2) is 0 Å². The van der Waals surface area contributed by atoms with Gasteiger partial charge in [-0.1, -0.05) is 32.5 Å². The van der Waals surface area contributed by atoms with Crippen molar-refractivity contribution >= 4 is 32.1 Å². The molecule has 0 amide bonds. The predicted molar refractivity (Wildman–Crippen MR) is 102 cm³/mol. The number of rotatable bonds is 12. The van der Waals surface area contributed by atoms with Gasteiger partial charge in [-0.3, -0.25) is 13.9 Å². The molecule has 0 atom stereocenters. The first-order chi connectivity index (χ1) is 11.5. The van der Waals surface area contributed by atoms with Crippen LogP contribution in [0.3, 0.4) is 0 Å². The summed E-state index contributed by atoms with van der Waals surface area (Å²) >= 11 is 0.945. The van der Waals surface area contributed by atoms with Crippen LogP contribution < -0.4 is 0 Å². The molecule has 0 aromatic rings. The maximum atomic E-state index is 13.3. The summed E-state index contributed by atoms with van der Waals surface area (Å²) in [6.07, 6.45) is 0. The summed E-state index contributed by atoms with van der Waals surface area (Å²) in [6, 6.07) is 0. The molecule has 0 N–H and O–H groups in total. The van der Waals surface area contributed by atoms with Crippen molar-refractivity contribution < 1.29 is 32.0 Å². The van der Waals surface area contributed by atoms with Crippen LogP contribution in [0.4, 0.5) is 0 Å². The van der Waals surface area contributed by atoms with Gasteiger partial charge in [-0.25, -0.2) is 0 Å². The first-order valence-corrected chi connectivity index (χ1v) is 12.7. The number of thioether (sulfide) groups is 1. The van der Waals surface area contributed by atoms with Gasteiger partial charge in [0.1, 0.15) is 0 Å². The van der Waals surface area contributed by atoms with E-state index in [0.29, 0.717) is 0 Å². The average molecular weight is 418 g/mol. The molecular formula is C15H32O7P2S. The molecule has 0 radical (unpaired) electrons. The third kappa shape index (κ3) is 7.84. The third-order valence-electron chi connectivity index (χ3n) is 2.94. The SMILES string of the molecule is CCOP(=O)(OCC)C(CSC(=O)C(C)(C)C)P(=O)(OCC)OCC. The largest absolute Gasteiger partial charge is 0.346 e. The molecule has 0 bridgehead atoms. The van der Waals surface area contributed by atoms with Crippen LogP contribution >= 0.6 is 27.0 Å². The van der Waals surface area contributed by atoms with Crippen molar-refractivity contribution in [2.45, 2.75) is 53.9 Å². The smallest absolute Gasteiger partial charge is 0.308 e. The summed E-state index contributed by atoms with van der Waals surface area (Å²) < 4.78 is 48.0. The fourth-order valence-electron chi connectivity index (χ4n) is 1.86. The van der Waals surface area contributed by atoms with E-state index in [1.807, 2.05) is 0 Å². The van der Waals surface area contributed by atoms with Crippen molar-refractivity contribution in [3.8, 4) is 0 Å². The highest BCUT2D eigenvalue weighted by Crippen LogP contribution is 2.71. The first-order valence-electron chi connectivity index (χ1n) is 8.45. The summed E-state index contributed by atoms with van der Waals surface area (Å²) in [6.45, 7) is 12.5. The molecule has 0 saturated heterocycles. The Kier molecular flexibility index (Phi) is 11.4. The van der Waals surface area contributed by atoms with E-state index in [2.05, 4.69) is 0 Å². The van der Waals surface area contributed by atoms with Crippen molar-refractivity contribution in [3.05, 3.63) is 0 Å². The highest BCUT2D eigenvalue weighted by molar-refractivity contribution is 8.14. The number of hydrogen-bond donors (Lipinski definition) is 0. The van der Waals surface area contributed by atoms with Crippen LogP contribution in [0.2, 0.25) is 0 Å². The Labute approximate surface area is 156 Å². The zero-order valence-electron chi connectivity index (χ0n) is 16.3. The molecule has 0 saturated carbocycles. The zero-order valence-corrected chi connectivity index (χ0v) is 18.9. The second kappa shape index (κ2) is 11.2. The molecule has 0 aliphatic rings. The molecule has 0 aromatic carbocycles. The van der Waals surface area contributed by atoms with Gasteiger partial charge in [0.25, 0.3) is 0 Å². The van der Waals surface area contributed by atoms with Crippen LogP contribution in [0, 0.1) is 5.41 Å². The summed E-state index contributed by atoms with van der Waals surface area (Å²) in [5, 5.41) is -1.28. The fraction of sp³-hybridized carbons (Fsp3) is 0.933. The van der Waals surface area contributed by atoms with E-state index in [0.717, 1.165) is 11.8 Å². The van der Waals surface area contributed by atoms with Crippen molar-refractivity contribution in [1.82, 2.24) is 0 Å². The maximum Gasteiger partial charge on any atom is 0.346 e. The van der Waals surface area contributed by atoms with Crippen LogP contribution in [0.5, 0.6) is 0 Å². The monoisotopic (exact) mass is 418 g/mol. The van der Waals surface area contributed by atoms with E-state index in [1.165, 1.54) is 0 Å². The van der Waals surface area contributed by atoms with E-state index in [-0.39, 0.29) is 37.3 Å². The highest BCUT2D eigenvalue weighted by Gasteiger charge is 2.51. The number of hydrogen-bond acceptors (Lipinski definition) is 8. The van der Waals surface area contributed by atoms with Gasteiger partial charge in [0, 0.05) is 11.2 Å². The molecule has 0 aliphatic heterocycles. The normalized spacial score (nSPS) is 13.4. The van der Waals surface area contributed by atoms with Gasteiger partial charge in [-0.2, -0.15) is 0 Å². The molecule has 25 heavy (non-hydrogen) atoms. The Morgan fingerprint density at radius 1 is 0.840 bits per heavy atom. The van der Waals surface area contributed by atoms with E-state index in [9.17, 15) is 13.9 Å².